The highest BCUT2D eigenvalue weighted by Gasteiger charge is 2.39. The van der Waals surface area contributed by atoms with Crippen LogP contribution in [-0.2, 0) is 9.53 Å². The smallest absolute Gasteiger partial charge is 0.312 e. The summed E-state index contributed by atoms with van der Waals surface area (Å²) in [6.07, 6.45) is 5.07. The van der Waals surface area contributed by atoms with Crippen LogP contribution in [0.15, 0.2) is 4.99 Å². The minimum Gasteiger partial charge on any atom is -0.459 e. The van der Waals surface area contributed by atoms with Crippen LogP contribution in [0.2, 0.25) is 0 Å². The first-order valence-electron chi connectivity index (χ1n) is 10.2. The van der Waals surface area contributed by atoms with E-state index in [-0.39, 0.29) is 29.3 Å². The van der Waals surface area contributed by atoms with Crippen molar-refractivity contribution < 1.29 is 9.53 Å². The minimum atomic E-state index is -0.629. The first kappa shape index (κ1) is 23.8. The van der Waals surface area contributed by atoms with E-state index in [2.05, 4.69) is 20.8 Å². The van der Waals surface area contributed by atoms with Gasteiger partial charge in [-0.2, -0.15) is 0 Å². The molecular formula is C22H41N3O2. The number of ether oxygens (including phenoxy) is 1. The Balaban J connectivity index is 2.79. The number of nitrogens with two attached hydrogens (primary N) is 1. The van der Waals surface area contributed by atoms with Crippen molar-refractivity contribution in [1.29, 1.82) is 5.41 Å². The van der Waals surface area contributed by atoms with Crippen molar-refractivity contribution in [2.45, 2.75) is 92.7 Å². The Hall–Kier alpha value is -1.23. The summed E-state index contributed by atoms with van der Waals surface area (Å²) in [4.78, 5) is 17.7. The Kier molecular flexibility index (Phi) is 7.80. The van der Waals surface area contributed by atoms with Gasteiger partial charge in [0.25, 0.3) is 0 Å². The predicted molar refractivity (Wildman–Crippen MR) is 114 cm³/mol. The molecular weight excluding hydrogens is 338 g/mol. The highest BCUT2D eigenvalue weighted by Crippen LogP contribution is 2.35. The molecule has 1 aliphatic rings. The van der Waals surface area contributed by atoms with Crippen LogP contribution < -0.4 is 5.73 Å². The van der Waals surface area contributed by atoms with Crippen molar-refractivity contribution in [3.63, 3.8) is 0 Å². The number of carbonyl (C=O) groups is 1. The van der Waals surface area contributed by atoms with Crippen LogP contribution >= 0.6 is 0 Å². The topological polar surface area (TPSA) is 88.5 Å². The summed E-state index contributed by atoms with van der Waals surface area (Å²) in [6.45, 7) is 16.9. The fourth-order valence-electron chi connectivity index (χ4n) is 3.90. The molecule has 3 atom stereocenters. The molecule has 1 aliphatic carbocycles. The van der Waals surface area contributed by atoms with E-state index in [0.717, 1.165) is 31.4 Å². The predicted octanol–water partition coefficient (Wildman–Crippen LogP) is 4.62. The normalized spacial score (nSPS) is 24.6. The van der Waals surface area contributed by atoms with Crippen LogP contribution in [0.3, 0.4) is 0 Å². The number of esters is 1. The van der Waals surface area contributed by atoms with Crippen LogP contribution in [0.1, 0.15) is 81.1 Å². The Labute approximate surface area is 166 Å². The number of hydrogen-bond acceptors (Lipinski definition) is 5. The Morgan fingerprint density at radius 3 is 2.41 bits per heavy atom. The van der Waals surface area contributed by atoms with Crippen LogP contribution in [0.4, 0.5) is 0 Å². The minimum absolute atomic E-state index is 0.0125. The molecule has 0 amide bonds. The molecule has 0 aliphatic heterocycles. The van der Waals surface area contributed by atoms with Gasteiger partial charge in [0.15, 0.2) is 0 Å². The SMILES string of the molecule is CC(CN=C1CCCC(N)C1C=N)C(C)(C)C(=O)OC(C)(C)CC(C)(C)C. The summed E-state index contributed by atoms with van der Waals surface area (Å²) in [5.41, 5.74) is 6.10. The molecule has 0 aromatic heterocycles. The number of aliphatic imine (C=N–C) groups is 1. The molecule has 5 nitrogen and oxygen atoms in total. The van der Waals surface area contributed by atoms with Crippen LogP contribution in [0.25, 0.3) is 0 Å². The summed E-state index contributed by atoms with van der Waals surface area (Å²) in [7, 11) is 0. The van der Waals surface area contributed by atoms with E-state index in [1.807, 2.05) is 34.6 Å². The van der Waals surface area contributed by atoms with Gasteiger partial charge in [-0.25, -0.2) is 0 Å². The standard InChI is InChI=1S/C22H41N3O2/c1-15(13-25-18-11-9-10-17(24)16(18)12-23)22(7,8)19(26)27-21(5,6)14-20(2,3)4/h12,15-17,23H,9-11,13-14,24H2,1-8H3. The quantitative estimate of drug-likeness (QED) is 0.499. The molecule has 0 aromatic rings. The zero-order valence-corrected chi connectivity index (χ0v) is 18.7. The van der Waals surface area contributed by atoms with Gasteiger partial charge in [-0.3, -0.25) is 9.79 Å². The molecule has 3 unspecified atom stereocenters. The van der Waals surface area contributed by atoms with E-state index >= 15 is 0 Å². The van der Waals surface area contributed by atoms with Gasteiger partial charge in [0.1, 0.15) is 5.60 Å². The van der Waals surface area contributed by atoms with Crippen LogP contribution in [0, 0.1) is 28.1 Å². The zero-order chi connectivity index (χ0) is 21.0. The highest BCUT2D eigenvalue weighted by molar-refractivity contribution is 5.99. The lowest BCUT2D eigenvalue weighted by Crippen LogP contribution is -2.42. The van der Waals surface area contributed by atoms with Crippen molar-refractivity contribution in [2.75, 3.05) is 6.54 Å². The van der Waals surface area contributed by atoms with Crippen molar-refractivity contribution in [1.82, 2.24) is 0 Å². The molecule has 0 spiro atoms. The van der Waals surface area contributed by atoms with E-state index in [0.29, 0.717) is 6.54 Å². The van der Waals surface area contributed by atoms with E-state index in [1.54, 1.807) is 0 Å². The van der Waals surface area contributed by atoms with Gasteiger partial charge in [0.05, 0.1) is 5.41 Å². The Morgan fingerprint density at radius 1 is 1.30 bits per heavy atom. The van der Waals surface area contributed by atoms with Gasteiger partial charge in [0.2, 0.25) is 0 Å². The molecule has 1 saturated carbocycles. The number of rotatable bonds is 7. The maximum Gasteiger partial charge on any atom is 0.312 e. The molecule has 0 saturated heterocycles. The van der Waals surface area contributed by atoms with Gasteiger partial charge >= 0.3 is 5.97 Å². The van der Waals surface area contributed by atoms with E-state index in [4.69, 9.17) is 20.9 Å². The molecule has 27 heavy (non-hydrogen) atoms. The van der Waals surface area contributed by atoms with E-state index < -0.39 is 11.0 Å². The van der Waals surface area contributed by atoms with Crippen molar-refractivity contribution in [3.05, 3.63) is 0 Å². The first-order chi connectivity index (χ1) is 12.2. The second kappa shape index (κ2) is 8.85. The Bertz CT molecular complexity index is 558. The monoisotopic (exact) mass is 379 g/mol. The third-order valence-electron chi connectivity index (χ3n) is 5.65. The fourth-order valence-corrected chi connectivity index (χ4v) is 3.90. The summed E-state index contributed by atoms with van der Waals surface area (Å²) in [5, 5.41) is 7.64. The molecule has 0 aromatic carbocycles. The zero-order valence-electron chi connectivity index (χ0n) is 18.7. The largest absolute Gasteiger partial charge is 0.459 e. The maximum absolute atomic E-state index is 12.9. The van der Waals surface area contributed by atoms with Crippen molar-refractivity contribution in [3.8, 4) is 0 Å². The fraction of sp³-hybridized carbons (Fsp3) is 0.864. The molecule has 1 fully saturated rings. The summed E-state index contributed by atoms with van der Waals surface area (Å²) >= 11 is 0. The van der Waals surface area contributed by atoms with E-state index in [9.17, 15) is 4.79 Å². The Morgan fingerprint density at radius 2 is 1.89 bits per heavy atom. The lowest BCUT2D eigenvalue weighted by atomic mass is 9.78. The number of hydrogen-bond donors (Lipinski definition) is 2. The number of carbonyl (C=O) groups excluding carboxylic acids is 1. The van der Waals surface area contributed by atoms with Crippen LogP contribution in [0.5, 0.6) is 0 Å². The number of nitrogens with one attached hydrogen (secondary N) is 1. The molecule has 1 rings (SSSR count). The average molecular weight is 380 g/mol. The summed E-state index contributed by atoms with van der Waals surface area (Å²) in [5.74, 6) is -0.201. The van der Waals surface area contributed by atoms with Gasteiger partial charge in [0, 0.05) is 30.4 Å². The molecule has 156 valence electrons. The van der Waals surface area contributed by atoms with Crippen molar-refractivity contribution >= 4 is 17.9 Å². The van der Waals surface area contributed by atoms with Crippen LogP contribution in [-0.4, -0.2) is 36.1 Å². The molecule has 0 radical (unpaired) electrons. The van der Waals surface area contributed by atoms with Gasteiger partial charge < -0.3 is 15.9 Å². The third-order valence-corrected chi connectivity index (χ3v) is 5.65. The van der Waals surface area contributed by atoms with Gasteiger partial charge in [-0.05, 0) is 64.7 Å². The summed E-state index contributed by atoms with van der Waals surface area (Å²) in [6, 6.07) is -0.0125. The third kappa shape index (κ3) is 7.02. The first-order valence-corrected chi connectivity index (χ1v) is 10.2. The average Bonchev–Trinajstić information content (AvgIpc) is 2.49. The van der Waals surface area contributed by atoms with Crippen molar-refractivity contribution in [2.24, 2.45) is 33.4 Å². The van der Waals surface area contributed by atoms with Gasteiger partial charge in [-0.1, -0.05) is 27.7 Å². The van der Waals surface area contributed by atoms with Gasteiger partial charge in [-0.15, -0.1) is 0 Å². The lowest BCUT2D eigenvalue weighted by molar-refractivity contribution is -0.172. The molecule has 0 bridgehead atoms. The maximum atomic E-state index is 12.9. The number of nitrogens with zero attached hydrogens (tertiary/aromatic N) is 1. The van der Waals surface area contributed by atoms with E-state index in [1.165, 1.54) is 6.21 Å². The summed E-state index contributed by atoms with van der Waals surface area (Å²) < 4.78 is 5.91. The highest BCUT2D eigenvalue weighted by atomic mass is 16.6. The molecule has 0 heterocycles. The second-order valence-electron chi connectivity index (χ2n) is 10.6. The molecule has 3 N–H and O–H groups in total. The molecule has 5 heteroatoms. The second-order valence-corrected chi connectivity index (χ2v) is 10.6. The lowest BCUT2D eigenvalue weighted by Gasteiger charge is -2.37.